The number of carbonyl (C=O) groups excluding carboxylic acids is 1. The number of benzene rings is 1. The first-order valence-corrected chi connectivity index (χ1v) is 8.58. The Hall–Kier alpha value is -1.79. The highest BCUT2D eigenvalue weighted by Crippen LogP contribution is 2.30. The van der Waals surface area contributed by atoms with Gasteiger partial charge in [-0.05, 0) is 31.0 Å². The van der Waals surface area contributed by atoms with Crippen LogP contribution in [0.25, 0.3) is 0 Å². The number of hydrogen-bond acceptors (Lipinski definition) is 5. The van der Waals surface area contributed by atoms with E-state index in [1.165, 1.54) is 0 Å². The van der Waals surface area contributed by atoms with Crippen LogP contribution in [0.1, 0.15) is 38.3 Å². The monoisotopic (exact) mass is 336 g/mol. The zero-order valence-corrected chi connectivity index (χ0v) is 14.8. The number of morpholine rings is 1. The van der Waals surface area contributed by atoms with E-state index in [0.717, 1.165) is 24.2 Å². The molecule has 134 valence electrons. The number of nitrogens with one attached hydrogen (secondary N) is 2. The average Bonchev–Trinajstić information content (AvgIpc) is 2.62. The van der Waals surface area contributed by atoms with Gasteiger partial charge in [0, 0.05) is 6.54 Å². The topological polar surface area (TPSA) is 68.8 Å². The third-order valence-corrected chi connectivity index (χ3v) is 4.04. The molecule has 1 saturated heterocycles. The second-order valence-electron chi connectivity index (χ2n) is 5.92. The van der Waals surface area contributed by atoms with E-state index in [0.29, 0.717) is 32.1 Å². The third kappa shape index (κ3) is 5.11. The third-order valence-electron chi connectivity index (χ3n) is 4.04. The van der Waals surface area contributed by atoms with E-state index in [1.54, 1.807) is 7.11 Å². The molecule has 1 fully saturated rings. The quantitative estimate of drug-likeness (QED) is 0.711. The molecule has 24 heavy (non-hydrogen) atoms. The van der Waals surface area contributed by atoms with E-state index in [2.05, 4.69) is 17.6 Å². The number of ether oxygens (including phenoxy) is 3. The first-order valence-electron chi connectivity index (χ1n) is 8.58. The molecular weight excluding hydrogens is 308 g/mol. The van der Waals surface area contributed by atoms with Crippen LogP contribution in [0.3, 0.4) is 0 Å². The summed E-state index contributed by atoms with van der Waals surface area (Å²) in [7, 11) is 1.62. The van der Waals surface area contributed by atoms with Gasteiger partial charge >= 0.3 is 0 Å². The Balaban J connectivity index is 1.97. The highest BCUT2D eigenvalue weighted by atomic mass is 16.5. The first kappa shape index (κ1) is 18.5. The minimum atomic E-state index is -0.292. The van der Waals surface area contributed by atoms with E-state index in [-0.39, 0.29) is 18.0 Å². The smallest absolute Gasteiger partial charge is 0.240 e. The Kier molecular flexibility index (Phi) is 7.34. The van der Waals surface area contributed by atoms with Gasteiger partial charge < -0.3 is 24.8 Å². The van der Waals surface area contributed by atoms with Gasteiger partial charge in [-0.25, -0.2) is 0 Å². The van der Waals surface area contributed by atoms with Crippen molar-refractivity contribution >= 4 is 5.91 Å². The van der Waals surface area contributed by atoms with Crippen LogP contribution >= 0.6 is 0 Å². The van der Waals surface area contributed by atoms with Crippen LogP contribution in [-0.4, -0.2) is 45.4 Å². The zero-order chi connectivity index (χ0) is 17.4. The van der Waals surface area contributed by atoms with Gasteiger partial charge in [-0.2, -0.15) is 0 Å². The number of rotatable bonds is 8. The largest absolute Gasteiger partial charge is 0.493 e. The lowest BCUT2D eigenvalue weighted by atomic mass is 10.1. The molecule has 2 rings (SSSR count). The van der Waals surface area contributed by atoms with Crippen molar-refractivity contribution in [2.24, 2.45) is 0 Å². The van der Waals surface area contributed by atoms with E-state index >= 15 is 0 Å². The highest BCUT2D eigenvalue weighted by Gasteiger charge is 2.23. The summed E-state index contributed by atoms with van der Waals surface area (Å²) in [5.74, 6) is 1.36. The van der Waals surface area contributed by atoms with Crippen molar-refractivity contribution in [2.45, 2.75) is 38.8 Å². The summed E-state index contributed by atoms with van der Waals surface area (Å²) >= 11 is 0. The number of hydrogen-bond donors (Lipinski definition) is 2. The van der Waals surface area contributed by atoms with Gasteiger partial charge in [-0.1, -0.05) is 19.4 Å². The Morgan fingerprint density at radius 1 is 1.46 bits per heavy atom. The number of methoxy groups -OCH3 is 1. The molecule has 2 unspecified atom stereocenters. The molecule has 6 nitrogen and oxygen atoms in total. The highest BCUT2D eigenvalue weighted by molar-refractivity contribution is 5.82. The molecule has 6 heteroatoms. The minimum absolute atomic E-state index is 0.0514. The molecule has 0 aliphatic carbocycles. The van der Waals surface area contributed by atoms with E-state index in [4.69, 9.17) is 14.2 Å². The average molecular weight is 336 g/mol. The summed E-state index contributed by atoms with van der Waals surface area (Å²) in [4.78, 5) is 12.3. The summed E-state index contributed by atoms with van der Waals surface area (Å²) < 4.78 is 16.5. The van der Waals surface area contributed by atoms with Crippen LogP contribution in [0.2, 0.25) is 0 Å². The standard InChI is InChI=1S/C18H28N2O4/c1-4-5-9-24-16-7-6-14(11-17(16)22-3)13(2)20-18(21)15-12-23-10-8-19-15/h6-7,11,13,15,19H,4-5,8-10,12H2,1-3H3,(H,20,21). The molecule has 2 atom stereocenters. The summed E-state index contributed by atoms with van der Waals surface area (Å²) in [5, 5.41) is 6.17. The number of carbonyl (C=O) groups is 1. The fraction of sp³-hybridized carbons (Fsp3) is 0.611. The SMILES string of the molecule is CCCCOc1ccc(C(C)NC(=O)C2COCCN2)cc1OC. The molecule has 1 amide bonds. The Morgan fingerprint density at radius 3 is 2.96 bits per heavy atom. The lowest BCUT2D eigenvalue weighted by Crippen LogP contribution is -2.51. The van der Waals surface area contributed by atoms with Crippen molar-refractivity contribution in [3.8, 4) is 11.5 Å². The lowest BCUT2D eigenvalue weighted by molar-refractivity contribution is -0.126. The van der Waals surface area contributed by atoms with Crippen LogP contribution in [-0.2, 0) is 9.53 Å². The Morgan fingerprint density at radius 2 is 2.29 bits per heavy atom. The van der Waals surface area contributed by atoms with Crippen molar-refractivity contribution < 1.29 is 19.0 Å². The number of amides is 1. The van der Waals surface area contributed by atoms with E-state index in [1.807, 2.05) is 25.1 Å². The van der Waals surface area contributed by atoms with Gasteiger partial charge in [0.05, 0.1) is 33.0 Å². The van der Waals surface area contributed by atoms with Crippen LogP contribution in [0.15, 0.2) is 18.2 Å². The van der Waals surface area contributed by atoms with Gasteiger partial charge in [-0.3, -0.25) is 4.79 Å². The lowest BCUT2D eigenvalue weighted by Gasteiger charge is -2.25. The maximum Gasteiger partial charge on any atom is 0.240 e. The van der Waals surface area contributed by atoms with Gasteiger partial charge in [0.15, 0.2) is 11.5 Å². The summed E-state index contributed by atoms with van der Waals surface area (Å²) in [5.41, 5.74) is 0.972. The molecule has 1 aromatic carbocycles. The van der Waals surface area contributed by atoms with Crippen molar-refractivity contribution in [3.05, 3.63) is 23.8 Å². The van der Waals surface area contributed by atoms with Crippen molar-refractivity contribution in [1.29, 1.82) is 0 Å². The summed E-state index contributed by atoms with van der Waals surface area (Å²) in [6.45, 7) is 6.51. The molecule has 0 radical (unpaired) electrons. The van der Waals surface area contributed by atoms with Gasteiger partial charge in [0.1, 0.15) is 6.04 Å². The van der Waals surface area contributed by atoms with Gasteiger partial charge in [0.25, 0.3) is 0 Å². The normalized spacial score (nSPS) is 18.7. The molecular formula is C18H28N2O4. The molecule has 1 aromatic rings. The maximum atomic E-state index is 12.3. The summed E-state index contributed by atoms with van der Waals surface area (Å²) in [6.07, 6.45) is 2.09. The van der Waals surface area contributed by atoms with Gasteiger partial charge in [-0.15, -0.1) is 0 Å². The van der Waals surface area contributed by atoms with E-state index in [9.17, 15) is 4.79 Å². The second kappa shape index (κ2) is 9.49. The van der Waals surface area contributed by atoms with Gasteiger partial charge in [0.2, 0.25) is 5.91 Å². The molecule has 1 aliphatic heterocycles. The predicted molar refractivity (Wildman–Crippen MR) is 92.6 cm³/mol. The molecule has 2 N–H and O–H groups in total. The fourth-order valence-electron chi connectivity index (χ4n) is 2.53. The zero-order valence-electron chi connectivity index (χ0n) is 14.8. The molecule has 0 bridgehead atoms. The predicted octanol–water partition coefficient (Wildman–Crippen LogP) is 2.04. The fourth-order valence-corrected chi connectivity index (χ4v) is 2.53. The maximum absolute atomic E-state index is 12.3. The number of unbranched alkanes of at least 4 members (excludes halogenated alkanes) is 1. The van der Waals surface area contributed by atoms with Crippen molar-refractivity contribution in [3.63, 3.8) is 0 Å². The first-order chi connectivity index (χ1) is 11.7. The second-order valence-corrected chi connectivity index (χ2v) is 5.92. The van der Waals surface area contributed by atoms with Crippen molar-refractivity contribution in [2.75, 3.05) is 33.5 Å². The Bertz CT molecular complexity index is 530. The van der Waals surface area contributed by atoms with Crippen LogP contribution in [0.4, 0.5) is 0 Å². The molecule has 1 heterocycles. The summed E-state index contributed by atoms with van der Waals surface area (Å²) in [6, 6.07) is 5.35. The molecule has 0 spiro atoms. The van der Waals surface area contributed by atoms with Crippen molar-refractivity contribution in [1.82, 2.24) is 10.6 Å². The Labute approximate surface area is 143 Å². The van der Waals surface area contributed by atoms with E-state index < -0.39 is 0 Å². The van der Waals surface area contributed by atoms with Crippen LogP contribution < -0.4 is 20.1 Å². The molecule has 0 saturated carbocycles. The molecule has 1 aliphatic rings. The van der Waals surface area contributed by atoms with Crippen LogP contribution in [0, 0.1) is 0 Å². The molecule has 0 aromatic heterocycles. The van der Waals surface area contributed by atoms with Crippen LogP contribution in [0.5, 0.6) is 11.5 Å². The minimum Gasteiger partial charge on any atom is -0.493 e.